The van der Waals surface area contributed by atoms with Crippen LogP contribution in [-0.4, -0.2) is 50.4 Å². The zero-order valence-electron chi connectivity index (χ0n) is 21.5. The molecule has 2 aliphatic carbocycles. The average molecular weight is 449 g/mol. The van der Waals surface area contributed by atoms with E-state index in [1.807, 2.05) is 0 Å². The molecular formula is C26H48N4O2. The number of ether oxygens (including phenoxy) is 2. The van der Waals surface area contributed by atoms with Crippen LogP contribution in [0.15, 0.2) is 9.98 Å². The molecule has 6 heteroatoms. The van der Waals surface area contributed by atoms with E-state index in [2.05, 4.69) is 62.2 Å². The fraction of sp³-hybridized carbons (Fsp3) is 0.923. The van der Waals surface area contributed by atoms with Gasteiger partial charge in [0.15, 0.2) is 0 Å². The van der Waals surface area contributed by atoms with E-state index in [0.717, 1.165) is 50.2 Å². The maximum atomic E-state index is 5.39. The third-order valence-electron chi connectivity index (χ3n) is 7.73. The Morgan fingerprint density at radius 2 is 0.938 bits per heavy atom. The zero-order valence-corrected chi connectivity index (χ0v) is 21.5. The summed E-state index contributed by atoms with van der Waals surface area (Å²) < 4.78 is 10.8. The molecule has 184 valence electrons. The average Bonchev–Trinajstić information content (AvgIpc) is 3.42. The number of amidine groups is 2. The van der Waals surface area contributed by atoms with Gasteiger partial charge < -0.3 is 20.1 Å². The number of rotatable bonds is 2. The highest BCUT2D eigenvalue weighted by molar-refractivity contribution is 5.75. The Balaban J connectivity index is 0.000000181. The molecule has 0 aromatic carbocycles. The summed E-state index contributed by atoms with van der Waals surface area (Å²) >= 11 is 0. The van der Waals surface area contributed by atoms with Gasteiger partial charge in [0.05, 0.1) is 13.1 Å². The van der Waals surface area contributed by atoms with Crippen molar-refractivity contribution in [2.24, 2.45) is 32.7 Å². The van der Waals surface area contributed by atoms with Gasteiger partial charge in [-0.1, -0.05) is 41.5 Å². The van der Waals surface area contributed by atoms with Crippen molar-refractivity contribution in [3.63, 3.8) is 0 Å². The van der Waals surface area contributed by atoms with E-state index >= 15 is 0 Å². The Labute approximate surface area is 196 Å². The highest BCUT2D eigenvalue weighted by Crippen LogP contribution is 2.38. The zero-order chi connectivity index (χ0) is 23.2. The van der Waals surface area contributed by atoms with Crippen molar-refractivity contribution in [2.45, 2.75) is 105 Å². The van der Waals surface area contributed by atoms with Crippen LogP contribution in [0.2, 0.25) is 0 Å². The van der Waals surface area contributed by atoms with Crippen molar-refractivity contribution < 1.29 is 9.47 Å². The fourth-order valence-electron chi connectivity index (χ4n) is 5.40. The minimum absolute atomic E-state index is 0.465. The quantitative estimate of drug-likeness (QED) is 0.614. The summed E-state index contributed by atoms with van der Waals surface area (Å²) in [4.78, 5) is 8.56. The number of hydrogen-bond donors (Lipinski definition) is 2. The Hall–Kier alpha value is -1.46. The van der Waals surface area contributed by atoms with E-state index in [-0.39, 0.29) is 0 Å². The molecule has 0 atom stereocenters. The van der Waals surface area contributed by atoms with E-state index in [9.17, 15) is 0 Å². The lowest BCUT2D eigenvalue weighted by Gasteiger charge is -2.37. The molecule has 2 heterocycles. The van der Waals surface area contributed by atoms with Gasteiger partial charge >= 0.3 is 0 Å². The first-order valence-corrected chi connectivity index (χ1v) is 13.0. The summed E-state index contributed by atoms with van der Waals surface area (Å²) in [7, 11) is 0. The van der Waals surface area contributed by atoms with Crippen LogP contribution in [0.5, 0.6) is 0 Å². The van der Waals surface area contributed by atoms with E-state index in [0.29, 0.717) is 22.9 Å². The van der Waals surface area contributed by atoms with E-state index < -0.39 is 0 Å². The largest absolute Gasteiger partial charge is 0.463 e. The van der Waals surface area contributed by atoms with Crippen LogP contribution in [0.1, 0.15) is 92.9 Å². The topological polar surface area (TPSA) is 67.2 Å². The molecule has 0 radical (unpaired) electrons. The first-order valence-electron chi connectivity index (χ1n) is 13.0. The van der Waals surface area contributed by atoms with E-state index in [1.54, 1.807) is 0 Å². The molecule has 0 amide bonds. The molecule has 4 rings (SSSR count). The van der Waals surface area contributed by atoms with Gasteiger partial charge in [0, 0.05) is 12.1 Å². The third kappa shape index (κ3) is 7.84. The number of nitrogens with one attached hydrogen (secondary N) is 2. The number of aliphatic imine (C=N–C) groups is 2. The molecule has 0 aromatic rings. The van der Waals surface area contributed by atoms with Crippen LogP contribution in [0.4, 0.5) is 0 Å². The van der Waals surface area contributed by atoms with Crippen molar-refractivity contribution in [3.8, 4) is 0 Å². The smallest absolute Gasteiger partial charge is 0.285 e. The molecule has 2 saturated carbocycles. The van der Waals surface area contributed by atoms with Gasteiger partial charge in [-0.3, -0.25) is 0 Å². The molecule has 6 nitrogen and oxygen atoms in total. The van der Waals surface area contributed by atoms with Crippen LogP contribution >= 0.6 is 0 Å². The molecule has 2 fully saturated rings. The number of nitrogens with zero attached hydrogens (tertiary/aromatic N) is 2. The standard InChI is InChI=1S/2C13H24N2O/c2*1-13(2,3)10-4-6-11(7-5-10)15-12-14-8-9-16-12/h2*10-11H,4-9H2,1-3H3,(H,14,15). The second-order valence-corrected chi connectivity index (χ2v) is 12.2. The summed E-state index contributed by atoms with van der Waals surface area (Å²) in [5.41, 5.74) is 0.929. The van der Waals surface area contributed by atoms with Crippen molar-refractivity contribution in [1.82, 2.24) is 10.6 Å². The minimum Gasteiger partial charge on any atom is -0.463 e. The lowest BCUT2D eigenvalue weighted by Crippen LogP contribution is -2.39. The van der Waals surface area contributed by atoms with Gasteiger partial charge in [-0.2, -0.15) is 0 Å². The normalized spacial score (nSPS) is 30.8. The van der Waals surface area contributed by atoms with Gasteiger partial charge in [0.2, 0.25) is 0 Å². The number of hydrogen-bond acceptors (Lipinski definition) is 6. The third-order valence-corrected chi connectivity index (χ3v) is 7.73. The highest BCUT2D eigenvalue weighted by Gasteiger charge is 2.31. The maximum Gasteiger partial charge on any atom is 0.285 e. The molecule has 2 aliphatic heterocycles. The van der Waals surface area contributed by atoms with Gasteiger partial charge in [0.1, 0.15) is 13.2 Å². The van der Waals surface area contributed by atoms with Crippen LogP contribution in [0, 0.1) is 22.7 Å². The first-order chi connectivity index (χ1) is 15.1. The molecule has 2 N–H and O–H groups in total. The highest BCUT2D eigenvalue weighted by atomic mass is 16.5. The lowest BCUT2D eigenvalue weighted by atomic mass is 9.71. The van der Waals surface area contributed by atoms with Gasteiger partial charge in [-0.25, -0.2) is 9.98 Å². The molecule has 0 aromatic heterocycles. The van der Waals surface area contributed by atoms with E-state index in [1.165, 1.54) is 51.4 Å². The maximum absolute atomic E-state index is 5.39. The Morgan fingerprint density at radius 1 is 0.594 bits per heavy atom. The van der Waals surface area contributed by atoms with Gasteiger partial charge in [0.25, 0.3) is 12.0 Å². The molecule has 0 saturated heterocycles. The summed E-state index contributed by atoms with van der Waals surface area (Å²) in [6.45, 7) is 17.3. The second-order valence-electron chi connectivity index (χ2n) is 12.2. The molecule has 0 spiro atoms. The molecular weight excluding hydrogens is 400 g/mol. The summed E-state index contributed by atoms with van der Waals surface area (Å²) in [6.07, 6.45) is 10.3. The van der Waals surface area contributed by atoms with Crippen LogP contribution in [-0.2, 0) is 9.47 Å². The van der Waals surface area contributed by atoms with E-state index in [4.69, 9.17) is 9.47 Å². The second kappa shape index (κ2) is 11.1. The summed E-state index contributed by atoms with van der Waals surface area (Å²) in [6, 6.07) is 2.71. The van der Waals surface area contributed by atoms with Crippen molar-refractivity contribution in [1.29, 1.82) is 0 Å². The minimum atomic E-state index is 0.465. The Bertz CT molecular complexity index is 575. The Morgan fingerprint density at radius 3 is 1.19 bits per heavy atom. The SMILES string of the molecule is CC(C)(C)C1CCC(NC2=NCCO2)CC1.CC(C)(C)C1CCC(NC2=NCCO2)CC1. The molecule has 0 unspecified atom stereocenters. The van der Waals surface area contributed by atoms with Crippen molar-refractivity contribution >= 4 is 12.0 Å². The summed E-state index contributed by atoms with van der Waals surface area (Å²) in [5, 5.41) is 6.84. The predicted molar refractivity (Wildman–Crippen MR) is 133 cm³/mol. The Kier molecular flexibility index (Phi) is 8.74. The van der Waals surface area contributed by atoms with Crippen molar-refractivity contribution in [3.05, 3.63) is 0 Å². The predicted octanol–water partition coefficient (Wildman–Crippen LogP) is 5.13. The van der Waals surface area contributed by atoms with Crippen LogP contribution in [0.25, 0.3) is 0 Å². The molecule has 0 bridgehead atoms. The lowest BCUT2D eigenvalue weighted by molar-refractivity contribution is 0.163. The first kappa shape index (κ1) is 25.2. The monoisotopic (exact) mass is 448 g/mol. The molecule has 32 heavy (non-hydrogen) atoms. The van der Waals surface area contributed by atoms with Gasteiger partial charge in [-0.15, -0.1) is 0 Å². The fourth-order valence-corrected chi connectivity index (χ4v) is 5.40. The summed E-state index contributed by atoms with van der Waals surface area (Å²) in [5.74, 6) is 1.74. The van der Waals surface area contributed by atoms with Crippen LogP contribution < -0.4 is 10.6 Å². The van der Waals surface area contributed by atoms with Gasteiger partial charge in [-0.05, 0) is 74.0 Å². The van der Waals surface area contributed by atoms with Crippen molar-refractivity contribution in [2.75, 3.05) is 26.3 Å². The molecule has 4 aliphatic rings. The van der Waals surface area contributed by atoms with Crippen LogP contribution in [0.3, 0.4) is 0 Å².